The SMILES string of the molecule is O=CC(OCC(O)CO)c1ccccc1. The van der Waals surface area contributed by atoms with Gasteiger partial charge in [0.25, 0.3) is 0 Å². The lowest BCUT2D eigenvalue weighted by molar-refractivity contribution is -0.121. The van der Waals surface area contributed by atoms with Gasteiger partial charge in [0.15, 0.2) is 6.29 Å². The molecule has 4 nitrogen and oxygen atoms in total. The van der Waals surface area contributed by atoms with Crippen molar-refractivity contribution < 1.29 is 19.7 Å². The molecule has 0 aliphatic heterocycles. The Morgan fingerprint density at radius 3 is 2.53 bits per heavy atom. The average molecular weight is 210 g/mol. The Hall–Kier alpha value is -1.23. The Morgan fingerprint density at radius 2 is 2.00 bits per heavy atom. The molecule has 0 saturated heterocycles. The molecule has 0 saturated carbocycles. The molecule has 0 aromatic heterocycles. The first-order valence-electron chi connectivity index (χ1n) is 4.68. The van der Waals surface area contributed by atoms with Crippen LogP contribution in [0.3, 0.4) is 0 Å². The van der Waals surface area contributed by atoms with Crippen LogP contribution >= 0.6 is 0 Å². The van der Waals surface area contributed by atoms with Crippen molar-refractivity contribution in [3.8, 4) is 0 Å². The summed E-state index contributed by atoms with van der Waals surface area (Å²) in [5, 5.41) is 17.6. The van der Waals surface area contributed by atoms with E-state index in [1.54, 1.807) is 24.3 Å². The van der Waals surface area contributed by atoms with Crippen LogP contribution < -0.4 is 0 Å². The fourth-order valence-electron chi connectivity index (χ4n) is 1.12. The van der Waals surface area contributed by atoms with Crippen molar-refractivity contribution in [3.63, 3.8) is 0 Å². The summed E-state index contributed by atoms with van der Waals surface area (Å²) in [6, 6.07) is 8.98. The van der Waals surface area contributed by atoms with Crippen LogP contribution in [0.2, 0.25) is 0 Å². The zero-order valence-corrected chi connectivity index (χ0v) is 8.24. The first-order chi connectivity index (χ1) is 7.27. The predicted octanol–water partition coefficient (Wildman–Crippen LogP) is 0.296. The smallest absolute Gasteiger partial charge is 0.153 e. The van der Waals surface area contributed by atoms with Gasteiger partial charge in [0.05, 0.1) is 13.2 Å². The number of carbonyl (C=O) groups excluding carboxylic acids is 1. The monoisotopic (exact) mass is 210 g/mol. The molecule has 0 heterocycles. The lowest BCUT2D eigenvalue weighted by Gasteiger charge is -2.14. The molecule has 0 amide bonds. The van der Waals surface area contributed by atoms with Crippen LogP contribution in [0.4, 0.5) is 0 Å². The minimum atomic E-state index is -0.948. The maximum Gasteiger partial charge on any atom is 0.153 e. The Balaban J connectivity index is 2.53. The Labute approximate surface area is 88.1 Å². The third-order valence-corrected chi connectivity index (χ3v) is 1.93. The van der Waals surface area contributed by atoms with Crippen molar-refractivity contribution in [2.24, 2.45) is 0 Å². The van der Waals surface area contributed by atoms with E-state index < -0.39 is 12.2 Å². The van der Waals surface area contributed by atoms with Gasteiger partial charge in [-0.15, -0.1) is 0 Å². The lowest BCUT2D eigenvalue weighted by Crippen LogP contribution is -2.21. The molecular formula is C11H14O4. The zero-order valence-electron chi connectivity index (χ0n) is 8.24. The van der Waals surface area contributed by atoms with E-state index in [2.05, 4.69) is 0 Å². The van der Waals surface area contributed by atoms with E-state index in [1.165, 1.54) is 0 Å². The van der Waals surface area contributed by atoms with Gasteiger partial charge in [0.2, 0.25) is 0 Å². The fraction of sp³-hybridized carbons (Fsp3) is 0.364. The van der Waals surface area contributed by atoms with Gasteiger partial charge in [0, 0.05) is 0 Å². The second-order valence-electron chi connectivity index (χ2n) is 3.14. The van der Waals surface area contributed by atoms with Gasteiger partial charge >= 0.3 is 0 Å². The van der Waals surface area contributed by atoms with Crippen molar-refractivity contribution in [1.82, 2.24) is 0 Å². The molecule has 0 aliphatic rings. The molecule has 82 valence electrons. The standard InChI is InChI=1S/C11H14O4/c12-6-10(14)8-15-11(7-13)9-4-2-1-3-5-9/h1-5,7,10-12,14H,6,8H2. The first kappa shape index (κ1) is 11.8. The summed E-state index contributed by atoms with van der Waals surface area (Å²) in [4.78, 5) is 10.7. The van der Waals surface area contributed by atoms with Crippen molar-refractivity contribution >= 4 is 6.29 Å². The molecular weight excluding hydrogens is 196 g/mol. The molecule has 0 radical (unpaired) electrons. The Kier molecular flexibility index (Phi) is 4.97. The fourth-order valence-corrected chi connectivity index (χ4v) is 1.12. The van der Waals surface area contributed by atoms with E-state index in [-0.39, 0.29) is 13.2 Å². The van der Waals surface area contributed by atoms with E-state index in [0.29, 0.717) is 6.29 Å². The minimum Gasteiger partial charge on any atom is -0.394 e. The van der Waals surface area contributed by atoms with Crippen LogP contribution in [0.1, 0.15) is 11.7 Å². The number of hydrogen-bond donors (Lipinski definition) is 2. The third-order valence-electron chi connectivity index (χ3n) is 1.93. The van der Waals surface area contributed by atoms with Crippen LogP contribution in [0.25, 0.3) is 0 Å². The number of aliphatic hydroxyl groups is 2. The highest BCUT2D eigenvalue weighted by molar-refractivity contribution is 5.59. The van der Waals surface area contributed by atoms with Crippen LogP contribution in [0.15, 0.2) is 30.3 Å². The van der Waals surface area contributed by atoms with E-state index in [4.69, 9.17) is 14.9 Å². The number of aldehydes is 1. The van der Waals surface area contributed by atoms with Gasteiger partial charge < -0.3 is 19.7 Å². The van der Waals surface area contributed by atoms with Gasteiger partial charge in [-0.2, -0.15) is 0 Å². The summed E-state index contributed by atoms with van der Waals surface area (Å²) in [5.41, 5.74) is 0.734. The summed E-state index contributed by atoms with van der Waals surface area (Å²) in [5.74, 6) is 0. The van der Waals surface area contributed by atoms with E-state index >= 15 is 0 Å². The van der Waals surface area contributed by atoms with Crippen LogP contribution in [-0.4, -0.2) is 35.8 Å². The number of aliphatic hydroxyl groups excluding tert-OH is 2. The van der Waals surface area contributed by atoms with Crippen LogP contribution in [-0.2, 0) is 9.53 Å². The molecule has 2 unspecified atom stereocenters. The highest BCUT2D eigenvalue weighted by atomic mass is 16.5. The van der Waals surface area contributed by atoms with Crippen LogP contribution in [0.5, 0.6) is 0 Å². The molecule has 2 N–H and O–H groups in total. The Morgan fingerprint density at radius 1 is 1.33 bits per heavy atom. The van der Waals surface area contributed by atoms with Crippen molar-refractivity contribution in [2.75, 3.05) is 13.2 Å². The maximum atomic E-state index is 10.7. The lowest BCUT2D eigenvalue weighted by atomic mass is 10.1. The quantitative estimate of drug-likeness (QED) is 0.662. The number of benzene rings is 1. The molecule has 0 aliphatic carbocycles. The van der Waals surface area contributed by atoms with Crippen molar-refractivity contribution in [3.05, 3.63) is 35.9 Å². The molecule has 1 rings (SSSR count). The molecule has 0 fully saturated rings. The highest BCUT2D eigenvalue weighted by Gasteiger charge is 2.12. The topological polar surface area (TPSA) is 66.8 Å². The van der Waals surface area contributed by atoms with Gasteiger partial charge in [-0.25, -0.2) is 0 Å². The first-order valence-corrected chi connectivity index (χ1v) is 4.68. The highest BCUT2D eigenvalue weighted by Crippen LogP contribution is 2.14. The number of rotatable bonds is 6. The van der Waals surface area contributed by atoms with Gasteiger partial charge in [-0.3, -0.25) is 0 Å². The molecule has 0 spiro atoms. The number of hydrogen-bond acceptors (Lipinski definition) is 4. The van der Waals surface area contributed by atoms with Crippen molar-refractivity contribution in [1.29, 1.82) is 0 Å². The molecule has 1 aromatic rings. The van der Waals surface area contributed by atoms with Crippen LogP contribution in [0, 0.1) is 0 Å². The molecule has 4 heteroatoms. The van der Waals surface area contributed by atoms with E-state index in [0.717, 1.165) is 5.56 Å². The van der Waals surface area contributed by atoms with E-state index in [9.17, 15) is 4.79 Å². The molecule has 2 atom stereocenters. The summed E-state index contributed by atoms with van der Waals surface area (Å²) in [6.45, 7) is -0.435. The summed E-state index contributed by atoms with van der Waals surface area (Å²) >= 11 is 0. The molecule has 1 aromatic carbocycles. The largest absolute Gasteiger partial charge is 0.394 e. The Bertz CT molecular complexity index is 286. The summed E-state index contributed by atoms with van der Waals surface area (Å²) < 4.78 is 5.15. The second kappa shape index (κ2) is 6.29. The van der Waals surface area contributed by atoms with Gasteiger partial charge in [0.1, 0.15) is 12.2 Å². The number of carbonyl (C=O) groups is 1. The normalized spacial score (nSPS) is 14.5. The van der Waals surface area contributed by atoms with Gasteiger partial charge in [-0.1, -0.05) is 30.3 Å². The van der Waals surface area contributed by atoms with Crippen molar-refractivity contribution in [2.45, 2.75) is 12.2 Å². The second-order valence-corrected chi connectivity index (χ2v) is 3.14. The molecule has 0 bridgehead atoms. The summed E-state index contributed by atoms with van der Waals surface area (Å²) in [7, 11) is 0. The summed E-state index contributed by atoms with van der Waals surface area (Å²) in [6.07, 6.45) is -0.969. The van der Waals surface area contributed by atoms with E-state index in [1.807, 2.05) is 6.07 Å². The predicted molar refractivity (Wildman–Crippen MR) is 54.3 cm³/mol. The molecule has 15 heavy (non-hydrogen) atoms. The minimum absolute atomic E-state index is 0.0607. The third kappa shape index (κ3) is 3.79. The number of ether oxygens (including phenoxy) is 1. The zero-order chi connectivity index (χ0) is 11.1. The van der Waals surface area contributed by atoms with Gasteiger partial charge in [-0.05, 0) is 5.56 Å². The maximum absolute atomic E-state index is 10.7. The average Bonchev–Trinajstić information content (AvgIpc) is 2.31.